The van der Waals surface area contributed by atoms with Crippen LogP contribution >= 0.6 is 0 Å². The van der Waals surface area contributed by atoms with Gasteiger partial charge >= 0.3 is 18.3 Å². The van der Waals surface area contributed by atoms with Crippen molar-refractivity contribution in [2.45, 2.75) is 31.5 Å². The smallest absolute Gasteiger partial charge is 0.425 e. The van der Waals surface area contributed by atoms with Gasteiger partial charge in [-0.05, 0) is 6.92 Å². The lowest BCUT2D eigenvalue weighted by Gasteiger charge is -2.24. The van der Waals surface area contributed by atoms with E-state index >= 15 is 0 Å². The molecule has 0 bridgehead atoms. The van der Waals surface area contributed by atoms with Crippen molar-refractivity contribution in [2.75, 3.05) is 19.8 Å². The second-order valence-electron chi connectivity index (χ2n) is 3.66. The summed E-state index contributed by atoms with van der Waals surface area (Å²) in [6.45, 7) is 1.95. The number of carbonyl (C=O) groups excluding carboxylic acids is 1. The van der Waals surface area contributed by atoms with Gasteiger partial charge in [-0.2, -0.15) is 26.3 Å². The molecule has 0 aromatic carbocycles. The number of esters is 1. The molecule has 124 valence electrons. The summed E-state index contributed by atoms with van der Waals surface area (Å²) in [6.07, 6.45) is -14.9. The second kappa shape index (κ2) is 8.23. The summed E-state index contributed by atoms with van der Waals surface area (Å²) in [5, 5.41) is 0. The Bertz CT molecular complexity index is 339. The van der Waals surface area contributed by atoms with E-state index in [4.69, 9.17) is 0 Å². The maximum absolute atomic E-state index is 12.5. The van der Waals surface area contributed by atoms with Crippen molar-refractivity contribution >= 4 is 5.97 Å². The molecular formula is C11H14F6O4. The Kier molecular flexibility index (Phi) is 7.72. The van der Waals surface area contributed by atoms with Crippen LogP contribution in [0.4, 0.5) is 26.3 Å². The summed E-state index contributed by atoms with van der Waals surface area (Å²) < 4.78 is 87.5. The molecule has 0 fully saturated rings. The van der Waals surface area contributed by atoms with Crippen LogP contribution in [0.5, 0.6) is 0 Å². The highest BCUT2D eigenvalue weighted by atomic mass is 19.4. The van der Waals surface area contributed by atoms with Gasteiger partial charge in [0.25, 0.3) is 6.10 Å². The predicted molar refractivity (Wildman–Crippen MR) is 58.4 cm³/mol. The molecule has 0 spiro atoms. The molecule has 0 saturated heterocycles. The topological polar surface area (TPSA) is 44.8 Å². The Hall–Kier alpha value is -1.29. The predicted octanol–water partition coefficient (Wildman–Crippen LogP) is 2.63. The molecule has 2 atom stereocenters. The van der Waals surface area contributed by atoms with Crippen LogP contribution in [0.1, 0.15) is 6.92 Å². The van der Waals surface area contributed by atoms with Crippen LogP contribution in [0.25, 0.3) is 0 Å². The van der Waals surface area contributed by atoms with Crippen molar-refractivity contribution in [2.24, 2.45) is 0 Å². The minimum Gasteiger partial charge on any atom is -0.464 e. The van der Waals surface area contributed by atoms with Gasteiger partial charge in [-0.25, -0.2) is 4.79 Å². The summed E-state index contributed by atoms with van der Waals surface area (Å²) in [5.41, 5.74) is 0. The van der Waals surface area contributed by atoms with Crippen LogP contribution < -0.4 is 0 Å². The summed E-state index contributed by atoms with van der Waals surface area (Å²) in [5.74, 6) is -1.81. The Balaban J connectivity index is 4.83. The SMILES string of the molecule is C=CCOC(COC(C(=O)OCC)C(F)(F)F)C(F)(F)F. The summed E-state index contributed by atoms with van der Waals surface area (Å²) >= 11 is 0. The van der Waals surface area contributed by atoms with E-state index in [1.807, 2.05) is 0 Å². The lowest BCUT2D eigenvalue weighted by Crippen LogP contribution is -2.44. The first kappa shape index (κ1) is 19.7. The van der Waals surface area contributed by atoms with Crippen LogP contribution in [-0.2, 0) is 19.0 Å². The molecule has 10 heteroatoms. The summed E-state index contributed by atoms with van der Waals surface area (Å²) in [4.78, 5) is 11.1. The highest BCUT2D eigenvalue weighted by molar-refractivity contribution is 5.75. The lowest BCUT2D eigenvalue weighted by molar-refractivity contribution is -0.263. The fourth-order valence-corrected chi connectivity index (χ4v) is 1.12. The molecule has 0 radical (unpaired) electrons. The van der Waals surface area contributed by atoms with E-state index in [1.165, 1.54) is 6.92 Å². The first-order valence-corrected chi connectivity index (χ1v) is 5.68. The minimum atomic E-state index is -5.19. The molecule has 0 aromatic rings. The molecule has 0 aliphatic carbocycles. The maximum atomic E-state index is 12.5. The first-order valence-electron chi connectivity index (χ1n) is 5.68. The Morgan fingerprint density at radius 1 is 1.14 bits per heavy atom. The lowest BCUT2D eigenvalue weighted by atomic mass is 10.3. The second-order valence-corrected chi connectivity index (χ2v) is 3.66. The van der Waals surface area contributed by atoms with Gasteiger partial charge < -0.3 is 14.2 Å². The normalized spacial score (nSPS) is 15.4. The van der Waals surface area contributed by atoms with Gasteiger partial charge in [0, 0.05) is 0 Å². The highest BCUT2D eigenvalue weighted by Crippen LogP contribution is 2.27. The van der Waals surface area contributed by atoms with Crippen molar-refractivity contribution in [3.05, 3.63) is 12.7 Å². The van der Waals surface area contributed by atoms with E-state index < -0.39 is 43.7 Å². The first-order chi connectivity index (χ1) is 9.54. The van der Waals surface area contributed by atoms with Gasteiger partial charge in [0.2, 0.25) is 0 Å². The average Bonchev–Trinajstić information content (AvgIpc) is 2.30. The van der Waals surface area contributed by atoms with Gasteiger partial charge in [0.15, 0.2) is 6.10 Å². The molecule has 0 saturated carbocycles. The molecule has 0 rings (SSSR count). The van der Waals surface area contributed by atoms with Crippen LogP contribution in [0.15, 0.2) is 12.7 Å². The largest absolute Gasteiger partial charge is 0.464 e. The molecule has 0 amide bonds. The third kappa shape index (κ3) is 7.32. The average molecular weight is 324 g/mol. The Labute approximate surface area is 116 Å². The van der Waals surface area contributed by atoms with E-state index in [0.717, 1.165) is 6.08 Å². The molecule has 4 nitrogen and oxygen atoms in total. The molecule has 0 aliphatic rings. The van der Waals surface area contributed by atoms with Crippen LogP contribution in [0.2, 0.25) is 0 Å². The number of carbonyl (C=O) groups is 1. The molecular weight excluding hydrogens is 310 g/mol. The third-order valence-corrected chi connectivity index (χ3v) is 1.99. The zero-order valence-electron chi connectivity index (χ0n) is 11.0. The van der Waals surface area contributed by atoms with Crippen molar-refractivity contribution < 1.29 is 45.3 Å². The van der Waals surface area contributed by atoms with E-state index in [1.54, 1.807) is 0 Å². The molecule has 0 aromatic heterocycles. The summed E-state index contributed by atoms with van der Waals surface area (Å²) in [6, 6.07) is 0. The van der Waals surface area contributed by atoms with Gasteiger partial charge in [-0.3, -0.25) is 0 Å². The molecule has 2 unspecified atom stereocenters. The van der Waals surface area contributed by atoms with Gasteiger partial charge in [-0.1, -0.05) is 6.08 Å². The minimum absolute atomic E-state index is 0.371. The number of ether oxygens (including phenoxy) is 3. The monoisotopic (exact) mass is 324 g/mol. The number of rotatable bonds is 8. The zero-order valence-corrected chi connectivity index (χ0v) is 11.0. The van der Waals surface area contributed by atoms with Crippen molar-refractivity contribution in [3.8, 4) is 0 Å². The number of hydrogen-bond donors (Lipinski definition) is 0. The van der Waals surface area contributed by atoms with E-state index in [0.29, 0.717) is 0 Å². The van der Waals surface area contributed by atoms with Crippen LogP contribution in [-0.4, -0.2) is 50.4 Å². The molecule has 0 N–H and O–H groups in total. The van der Waals surface area contributed by atoms with Gasteiger partial charge in [0.05, 0.1) is 19.8 Å². The van der Waals surface area contributed by atoms with Gasteiger partial charge in [-0.15, -0.1) is 6.58 Å². The maximum Gasteiger partial charge on any atom is 0.425 e. The molecule has 0 aliphatic heterocycles. The van der Waals surface area contributed by atoms with Crippen LogP contribution in [0, 0.1) is 0 Å². The standard InChI is InChI=1S/C11H14F6O4/c1-3-5-20-7(10(12,13)14)6-21-8(11(15,16)17)9(18)19-4-2/h3,7-8H,1,4-6H2,2H3. The van der Waals surface area contributed by atoms with Gasteiger partial charge in [0.1, 0.15) is 0 Å². The van der Waals surface area contributed by atoms with E-state index in [2.05, 4.69) is 20.8 Å². The number of hydrogen-bond acceptors (Lipinski definition) is 4. The Morgan fingerprint density at radius 3 is 2.10 bits per heavy atom. The van der Waals surface area contributed by atoms with E-state index in [-0.39, 0.29) is 6.61 Å². The number of halogens is 6. The highest BCUT2D eigenvalue weighted by Gasteiger charge is 2.49. The fraction of sp³-hybridized carbons (Fsp3) is 0.727. The molecule has 21 heavy (non-hydrogen) atoms. The van der Waals surface area contributed by atoms with Crippen molar-refractivity contribution in [3.63, 3.8) is 0 Å². The molecule has 0 heterocycles. The van der Waals surface area contributed by atoms with Crippen LogP contribution in [0.3, 0.4) is 0 Å². The van der Waals surface area contributed by atoms with E-state index in [9.17, 15) is 31.1 Å². The van der Waals surface area contributed by atoms with Crippen molar-refractivity contribution in [1.82, 2.24) is 0 Å². The summed E-state index contributed by atoms with van der Waals surface area (Å²) in [7, 11) is 0. The number of alkyl halides is 6. The Morgan fingerprint density at radius 2 is 1.71 bits per heavy atom. The van der Waals surface area contributed by atoms with Crippen molar-refractivity contribution in [1.29, 1.82) is 0 Å². The zero-order chi connectivity index (χ0) is 16.7. The third-order valence-electron chi connectivity index (χ3n) is 1.99. The fourth-order valence-electron chi connectivity index (χ4n) is 1.12. The quantitative estimate of drug-likeness (QED) is 0.391.